The van der Waals surface area contributed by atoms with Gasteiger partial charge in [0.2, 0.25) is 0 Å². The zero-order chi connectivity index (χ0) is 16.2. The lowest BCUT2D eigenvalue weighted by Crippen LogP contribution is -2.41. The molecule has 0 spiro atoms. The van der Waals surface area contributed by atoms with Crippen LogP contribution >= 0.6 is 0 Å². The summed E-state index contributed by atoms with van der Waals surface area (Å²) in [6.45, 7) is 8.54. The van der Waals surface area contributed by atoms with Crippen LogP contribution in [0.15, 0.2) is 18.2 Å². The van der Waals surface area contributed by atoms with Gasteiger partial charge in [-0.3, -0.25) is 0 Å². The first-order chi connectivity index (χ1) is 10.9. The van der Waals surface area contributed by atoms with E-state index in [2.05, 4.69) is 45.9 Å². The Bertz CT molecular complexity index is 582. The Kier molecular flexibility index (Phi) is 3.66. The molecule has 2 nitrogen and oxygen atoms in total. The molecule has 1 heterocycles. The van der Waals surface area contributed by atoms with Gasteiger partial charge in [0, 0.05) is 0 Å². The molecule has 1 aliphatic heterocycles. The molecule has 2 aliphatic carbocycles. The van der Waals surface area contributed by atoms with Crippen LogP contribution in [-0.4, -0.2) is 18.3 Å². The highest BCUT2D eigenvalue weighted by molar-refractivity contribution is 6.62. The van der Waals surface area contributed by atoms with Crippen LogP contribution in [-0.2, 0) is 9.31 Å². The van der Waals surface area contributed by atoms with Crippen molar-refractivity contribution in [3.63, 3.8) is 0 Å². The zero-order valence-corrected chi connectivity index (χ0v) is 15.0. The molecular formula is C20H29BO2. The third kappa shape index (κ3) is 2.87. The van der Waals surface area contributed by atoms with Crippen molar-refractivity contribution in [2.75, 3.05) is 0 Å². The quantitative estimate of drug-likeness (QED) is 0.764. The van der Waals surface area contributed by atoms with Gasteiger partial charge in [-0.25, -0.2) is 0 Å². The maximum absolute atomic E-state index is 6.30. The lowest BCUT2D eigenvalue weighted by atomic mass is 9.75. The van der Waals surface area contributed by atoms with Crippen molar-refractivity contribution in [1.82, 2.24) is 0 Å². The molecule has 124 valence electrons. The van der Waals surface area contributed by atoms with E-state index in [4.69, 9.17) is 9.31 Å². The summed E-state index contributed by atoms with van der Waals surface area (Å²) in [6.07, 6.45) is 8.13. The molecule has 0 unspecified atom stereocenters. The fraction of sp³-hybridized carbons (Fsp3) is 0.700. The highest BCUT2D eigenvalue weighted by Gasteiger charge is 2.52. The van der Waals surface area contributed by atoms with Crippen molar-refractivity contribution in [2.24, 2.45) is 0 Å². The third-order valence-electron chi connectivity index (χ3n) is 6.40. The van der Waals surface area contributed by atoms with Gasteiger partial charge in [0.1, 0.15) is 0 Å². The Morgan fingerprint density at radius 2 is 1.26 bits per heavy atom. The van der Waals surface area contributed by atoms with Crippen molar-refractivity contribution in [3.05, 3.63) is 29.3 Å². The summed E-state index contributed by atoms with van der Waals surface area (Å²) < 4.78 is 12.6. The Morgan fingerprint density at radius 3 is 1.74 bits per heavy atom. The second kappa shape index (κ2) is 5.36. The predicted molar refractivity (Wildman–Crippen MR) is 95.3 cm³/mol. The van der Waals surface area contributed by atoms with Crippen LogP contribution in [0, 0.1) is 0 Å². The summed E-state index contributed by atoms with van der Waals surface area (Å²) in [5, 5.41) is 0. The molecule has 4 rings (SSSR count). The maximum atomic E-state index is 6.30. The van der Waals surface area contributed by atoms with Crippen LogP contribution in [0.1, 0.15) is 89.2 Å². The third-order valence-corrected chi connectivity index (χ3v) is 6.40. The smallest absolute Gasteiger partial charge is 0.399 e. The number of rotatable bonds is 3. The van der Waals surface area contributed by atoms with Gasteiger partial charge in [-0.05, 0) is 81.8 Å². The van der Waals surface area contributed by atoms with Crippen molar-refractivity contribution < 1.29 is 9.31 Å². The first-order valence-electron chi connectivity index (χ1n) is 9.36. The van der Waals surface area contributed by atoms with Gasteiger partial charge in [-0.1, -0.05) is 31.0 Å². The molecule has 3 fully saturated rings. The number of hydrogen-bond donors (Lipinski definition) is 0. The fourth-order valence-electron chi connectivity index (χ4n) is 3.96. The van der Waals surface area contributed by atoms with E-state index in [0.29, 0.717) is 0 Å². The Hall–Kier alpha value is -0.795. The minimum Gasteiger partial charge on any atom is -0.399 e. The van der Waals surface area contributed by atoms with Gasteiger partial charge < -0.3 is 9.31 Å². The number of hydrogen-bond acceptors (Lipinski definition) is 2. The molecule has 0 aromatic heterocycles. The van der Waals surface area contributed by atoms with Crippen LogP contribution in [0.5, 0.6) is 0 Å². The van der Waals surface area contributed by atoms with Crippen molar-refractivity contribution in [2.45, 2.75) is 89.3 Å². The van der Waals surface area contributed by atoms with E-state index in [1.165, 1.54) is 55.1 Å². The molecule has 0 amide bonds. The molecule has 0 radical (unpaired) electrons. The molecule has 3 aliphatic rings. The topological polar surface area (TPSA) is 18.5 Å². The molecule has 1 aromatic carbocycles. The average Bonchev–Trinajstić information content (AvgIpc) is 3.14. The number of benzene rings is 1. The van der Waals surface area contributed by atoms with Gasteiger partial charge in [0.25, 0.3) is 0 Å². The van der Waals surface area contributed by atoms with E-state index in [1.54, 1.807) is 0 Å². The molecule has 0 bridgehead atoms. The molecule has 0 N–H and O–H groups in total. The predicted octanol–water partition coefficient (Wildman–Crippen LogP) is 4.52. The molecule has 1 aromatic rings. The van der Waals surface area contributed by atoms with Gasteiger partial charge in [0.15, 0.2) is 0 Å². The molecule has 23 heavy (non-hydrogen) atoms. The highest BCUT2D eigenvalue weighted by atomic mass is 16.7. The molecule has 3 heteroatoms. The molecule has 0 atom stereocenters. The van der Waals surface area contributed by atoms with Crippen LogP contribution in [0.2, 0.25) is 0 Å². The van der Waals surface area contributed by atoms with E-state index in [-0.39, 0.29) is 18.3 Å². The van der Waals surface area contributed by atoms with Crippen molar-refractivity contribution >= 4 is 12.6 Å². The summed E-state index contributed by atoms with van der Waals surface area (Å²) >= 11 is 0. The second-order valence-corrected chi connectivity index (χ2v) is 8.78. The molecule has 2 saturated carbocycles. The van der Waals surface area contributed by atoms with E-state index in [1.807, 2.05) is 0 Å². The normalized spacial score (nSPS) is 26.9. The Morgan fingerprint density at radius 1 is 0.783 bits per heavy atom. The first kappa shape index (κ1) is 15.7. The van der Waals surface area contributed by atoms with Crippen LogP contribution in [0.25, 0.3) is 0 Å². The van der Waals surface area contributed by atoms with Crippen LogP contribution in [0.3, 0.4) is 0 Å². The van der Waals surface area contributed by atoms with Gasteiger partial charge in [0.05, 0.1) is 11.2 Å². The van der Waals surface area contributed by atoms with Crippen LogP contribution in [0.4, 0.5) is 0 Å². The van der Waals surface area contributed by atoms with Crippen molar-refractivity contribution in [3.8, 4) is 0 Å². The fourth-order valence-corrected chi connectivity index (χ4v) is 3.96. The van der Waals surface area contributed by atoms with Crippen molar-refractivity contribution in [1.29, 1.82) is 0 Å². The van der Waals surface area contributed by atoms with E-state index in [9.17, 15) is 0 Å². The highest BCUT2D eigenvalue weighted by Crippen LogP contribution is 2.43. The van der Waals surface area contributed by atoms with Gasteiger partial charge in [-0.15, -0.1) is 0 Å². The summed E-state index contributed by atoms with van der Waals surface area (Å²) in [7, 11) is -0.223. The summed E-state index contributed by atoms with van der Waals surface area (Å²) in [5.41, 5.74) is 3.74. The summed E-state index contributed by atoms with van der Waals surface area (Å²) in [4.78, 5) is 0. The average molecular weight is 312 g/mol. The lowest BCUT2D eigenvalue weighted by Gasteiger charge is -2.32. The van der Waals surface area contributed by atoms with Gasteiger partial charge in [-0.2, -0.15) is 0 Å². The van der Waals surface area contributed by atoms with E-state index in [0.717, 1.165) is 11.8 Å². The molecule has 1 saturated heterocycles. The van der Waals surface area contributed by atoms with E-state index >= 15 is 0 Å². The standard InChI is InChI=1S/C20H29BO2/c1-19(2)20(3,4)23-21(22-19)18-12-16(14-7-5-6-8-14)11-17(13-18)15-9-10-15/h11-15H,5-10H2,1-4H3. The summed E-state index contributed by atoms with van der Waals surface area (Å²) in [6, 6.07) is 7.19. The first-order valence-corrected chi connectivity index (χ1v) is 9.36. The summed E-state index contributed by atoms with van der Waals surface area (Å²) in [5.74, 6) is 1.52. The maximum Gasteiger partial charge on any atom is 0.494 e. The Labute approximate surface area is 141 Å². The van der Waals surface area contributed by atoms with Crippen LogP contribution < -0.4 is 5.46 Å². The SMILES string of the molecule is CC1(C)OB(c2cc(C3CCCC3)cc(C3CC3)c2)OC1(C)C. The monoisotopic (exact) mass is 312 g/mol. The van der Waals surface area contributed by atoms with E-state index < -0.39 is 0 Å². The lowest BCUT2D eigenvalue weighted by molar-refractivity contribution is 0.00578. The Balaban J connectivity index is 1.68. The van der Waals surface area contributed by atoms with Gasteiger partial charge >= 0.3 is 7.12 Å². The molecular weight excluding hydrogens is 283 g/mol. The zero-order valence-electron chi connectivity index (χ0n) is 15.0. The largest absolute Gasteiger partial charge is 0.494 e. The second-order valence-electron chi connectivity index (χ2n) is 8.78. The minimum atomic E-state index is -0.263. The minimum absolute atomic E-state index is 0.223.